The van der Waals surface area contributed by atoms with E-state index in [-0.39, 0.29) is 11.8 Å². The summed E-state index contributed by atoms with van der Waals surface area (Å²) in [6.07, 6.45) is 6.47. The standard InChI is InChI=1S/C14H19FN2O/c1-10-3-4-14(2,15)13-7-16-5-11(8-18)17(9-16)6-12(10)13/h3-5,8,10,12-13H,6-7,9H2,1-2H3. The second-order valence-electron chi connectivity index (χ2n) is 5.95. The van der Waals surface area contributed by atoms with Crippen LogP contribution >= 0.6 is 0 Å². The Balaban J connectivity index is 1.94. The Morgan fingerprint density at radius 2 is 2.28 bits per heavy atom. The Morgan fingerprint density at radius 1 is 1.50 bits per heavy atom. The van der Waals surface area contributed by atoms with Gasteiger partial charge in [0.1, 0.15) is 5.67 Å². The maximum Gasteiger partial charge on any atom is 0.167 e. The van der Waals surface area contributed by atoms with Crippen molar-refractivity contribution in [2.75, 3.05) is 19.8 Å². The van der Waals surface area contributed by atoms with Crippen molar-refractivity contribution in [3.8, 4) is 0 Å². The zero-order valence-corrected chi connectivity index (χ0v) is 10.8. The molecule has 18 heavy (non-hydrogen) atoms. The summed E-state index contributed by atoms with van der Waals surface area (Å²) in [5.74, 6) is 0.651. The molecule has 0 aromatic rings. The Labute approximate surface area is 107 Å². The van der Waals surface area contributed by atoms with E-state index in [1.807, 2.05) is 12.3 Å². The number of hydrogen-bond acceptors (Lipinski definition) is 3. The molecule has 2 bridgehead atoms. The van der Waals surface area contributed by atoms with Gasteiger partial charge in [-0.1, -0.05) is 19.1 Å². The third kappa shape index (κ3) is 1.66. The minimum Gasteiger partial charge on any atom is -0.358 e. The van der Waals surface area contributed by atoms with Gasteiger partial charge >= 0.3 is 0 Å². The highest BCUT2D eigenvalue weighted by molar-refractivity contribution is 5.72. The van der Waals surface area contributed by atoms with Crippen LogP contribution in [0.1, 0.15) is 13.8 Å². The highest BCUT2D eigenvalue weighted by atomic mass is 19.1. The topological polar surface area (TPSA) is 23.6 Å². The van der Waals surface area contributed by atoms with Crippen LogP contribution < -0.4 is 0 Å². The fraction of sp³-hybridized carbons (Fsp3) is 0.643. The lowest BCUT2D eigenvalue weighted by molar-refractivity contribution is -0.106. The lowest BCUT2D eigenvalue weighted by atomic mass is 9.69. The van der Waals surface area contributed by atoms with Gasteiger partial charge in [-0.3, -0.25) is 4.79 Å². The number of fused-ring (bicyclic) bond motifs is 3. The first kappa shape index (κ1) is 11.8. The van der Waals surface area contributed by atoms with Crippen LogP contribution in [0.4, 0.5) is 4.39 Å². The Hall–Kier alpha value is -1.32. The molecular formula is C14H19FN2O. The molecule has 0 aromatic carbocycles. The van der Waals surface area contributed by atoms with Gasteiger partial charge in [0.25, 0.3) is 0 Å². The summed E-state index contributed by atoms with van der Waals surface area (Å²) < 4.78 is 14.6. The van der Waals surface area contributed by atoms with Crippen molar-refractivity contribution in [3.63, 3.8) is 0 Å². The predicted molar refractivity (Wildman–Crippen MR) is 67.2 cm³/mol. The molecule has 4 unspecified atom stereocenters. The average Bonchev–Trinajstić information content (AvgIpc) is 2.57. The quantitative estimate of drug-likeness (QED) is 0.523. The molecule has 3 aliphatic rings. The summed E-state index contributed by atoms with van der Waals surface area (Å²) in [4.78, 5) is 15.1. The minimum atomic E-state index is -1.24. The number of alkyl halides is 1. The number of hydrogen-bond donors (Lipinski definition) is 0. The van der Waals surface area contributed by atoms with Crippen molar-refractivity contribution in [2.24, 2.45) is 17.8 Å². The lowest BCUT2D eigenvalue weighted by Gasteiger charge is -2.41. The van der Waals surface area contributed by atoms with Crippen LogP contribution in [0.15, 0.2) is 24.0 Å². The minimum absolute atomic E-state index is 0.00644. The zero-order chi connectivity index (χ0) is 12.9. The van der Waals surface area contributed by atoms with Crippen molar-refractivity contribution in [2.45, 2.75) is 19.5 Å². The number of halogens is 1. The first-order chi connectivity index (χ1) is 8.51. The number of carbonyl (C=O) groups excluding carboxylic acids is 1. The van der Waals surface area contributed by atoms with Gasteiger partial charge in [0.2, 0.25) is 0 Å². The molecule has 3 nitrogen and oxygen atoms in total. The summed E-state index contributed by atoms with van der Waals surface area (Å²) in [5.41, 5.74) is -0.506. The second-order valence-corrected chi connectivity index (χ2v) is 5.95. The summed E-state index contributed by atoms with van der Waals surface area (Å²) in [7, 11) is 0. The summed E-state index contributed by atoms with van der Waals surface area (Å²) >= 11 is 0. The Bertz CT molecular complexity index is 430. The van der Waals surface area contributed by atoms with Crippen molar-refractivity contribution in [3.05, 3.63) is 24.0 Å². The number of rotatable bonds is 1. The van der Waals surface area contributed by atoms with Crippen LogP contribution in [-0.4, -0.2) is 41.5 Å². The number of carbonyl (C=O) groups is 1. The molecule has 0 N–H and O–H groups in total. The normalized spacial score (nSPS) is 42.4. The van der Waals surface area contributed by atoms with E-state index < -0.39 is 5.67 Å². The monoisotopic (exact) mass is 250 g/mol. The first-order valence-electron chi connectivity index (χ1n) is 6.55. The molecule has 1 fully saturated rings. The lowest BCUT2D eigenvalue weighted by Crippen LogP contribution is -2.46. The average molecular weight is 250 g/mol. The van der Waals surface area contributed by atoms with Gasteiger partial charge in [-0.25, -0.2) is 4.39 Å². The van der Waals surface area contributed by atoms with E-state index in [2.05, 4.69) is 16.7 Å². The molecule has 4 heteroatoms. The Kier molecular flexibility index (Phi) is 2.50. The van der Waals surface area contributed by atoms with Gasteiger partial charge in [-0.2, -0.15) is 0 Å². The third-order valence-electron chi connectivity index (χ3n) is 4.66. The molecule has 1 saturated heterocycles. The molecule has 0 radical (unpaired) electrons. The van der Waals surface area contributed by atoms with Crippen LogP contribution in [0.25, 0.3) is 0 Å². The van der Waals surface area contributed by atoms with Gasteiger partial charge in [-0.05, 0) is 18.8 Å². The largest absolute Gasteiger partial charge is 0.358 e. The zero-order valence-electron chi connectivity index (χ0n) is 10.8. The van der Waals surface area contributed by atoms with E-state index in [1.165, 1.54) is 0 Å². The number of allylic oxidation sites excluding steroid dienone is 3. The molecule has 1 aliphatic carbocycles. The molecular weight excluding hydrogens is 231 g/mol. The highest BCUT2D eigenvalue weighted by Crippen LogP contribution is 2.43. The van der Waals surface area contributed by atoms with Crippen LogP contribution in [0.2, 0.25) is 0 Å². The predicted octanol–water partition coefficient (Wildman–Crippen LogP) is 1.78. The van der Waals surface area contributed by atoms with Gasteiger partial charge in [0.05, 0.1) is 12.4 Å². The third-order valence-corrected chi connectivity index (χ3v) is 4.66. The van der Waals surface area contributed by atoms with Crippen LogP contribution in [-0.2, 0) is 4.79 Å². The molecule has 0 saturated carbocycles. The van der Waals surface area contributed by atoms with Crippen LogP contribution in [0.3, 0.4) is 0 Å². The van der Waals surface area contributed by atoms with Crippen molar-refractivity contribution >= 4 is 6.29 Å². The smallest absolute Gasteiger partial charge is 0.167 e. The van der Waals surface area contributed by atoms with E-state index in [9.17, 15) is 9.18 Å². The first-order valence-corrected chi connectivity index (χ1v) is 6.55. The van der Waals surface area contributed by atoms with Crippen LogP contribution in [0.5, 0.6) is 0 Å². The molecule has 0 spiro atoms. The van der Waals surface area contributed by atoms with Gasteiger partial charge in [0, 0.05) is 25.2 Å². The molecule has 98 valence electrons. The maximum absolute atomic E-state index is 14.6. The van der Waals surface area contributed by atoms with E-state index in [4.69, 9.17) is 0 Å². The van der Waals surface area contributed by atoms with Crippen molar-refractivity contribution in [1.82, 2.24) is 9.80 Å². The molecule has 0 amide bonds. The van der Waals surface area contributed by atoms with Gasteiger partial charge < -0.3 is 9.80 Å². The molecule has 0 aromatic heterocycles. The van der Waals surface area contributed by atoms with Crippen LogP contribution in [0, 0.1) is 17.8 Å². The Morgan fingerprint density at radius 3 is 3.00 bits per heavy atom. The molecule has 2 aliphatic heterocycles. The van der Waals surface area contributed by atoms with Gasteiger partial charge in [0.15, 0.2) is 6.29 Å². The number of aldehydes is 1. The van der Waals surface area contributed by atoms with E-state index >= 15 is 0 Å². The van der Waals surface area contributed by atoms with Crippen molar-refractivity contribution < 1.29 is 9.18 Å². The van der Waals surface area contributed by atoms with E-state index in [0.717, 1.165) is 25.2 Å². The van der Waals surface area contributed by atoms with Gasteiger partial charge in [-0.15, -0.1) is 0 Å². The van der Waals surface area contributed by atoms with E-state index in [1.54, 1.807) is 13.0 Å². The van der Waals surface area contributed by atoms with E-state index in [0.29, 0.717) is 12.5 Å². The second kappa shape index (κ2) is 3.84. The summed E-state index contributed by atoms with van der Waals surface area (Å²) in [6, 6.07) is 0. The fourth-order valence-electron chi connectivity index (χ4n) is 3.49. The molecule has 3 rings (SSSR count). The fourth-order valence-corrected chi connectivity index (χ4v) is 3.49. The molecule has 2 heterocycles. The SMILES string of the molecule is CC1C=CC(C)(F)C2CN3C=C(C=O)N(CC12)C3. The molecule has 4 atom stereocenters. The summed E-state index contributed by atoms with van der Waals surface area (Å²) in [6.45, 7) is 6.01. The summed E-state index contributed by atoms with van der Waals surface area (Å²) in [5, 5.41) is 0. The number of nitrogens with zero attached hydrogens (tertiary/aromatic N) is 2. The van der Waals surface area contributed by atoms with Crippen molar-refractivity contribution in [1.29, 1.82) is 0 Å². The highest BCUT2D eigenvalue weighted by Gasteiger charge is 2.46. The maximum atomic E-state index is 14.6.